The van der Waals surface area contributed by atoms with Gasteiger partial charge in [-0.25, -0.2) is 4.98 Å². The fourth-order valence-electron chi connectivity index (χ4n) is 3.12. The number of ether oxygens (including phenoxy) is 2. The van der Waals surface area contributed by atoms with Crippen LogP contribution in [0.1, 0.15) is 11.8 Å². The van der Waals surface area contributed by atoms with E-state index in [4.69, 9.17) is 9.47 Å². The number of rotatable bonds is 7. The number of aromatic nitrogens is 1. The maximum atomic E-state index is 12.5. The van der Waals surface area contributed by atoms with Gasteiger partial charge < -0.3 is 14.8 Å². The molecule has 2 aromatic carbocycles. The van der Waals surface area contributed by atoms with Crippen LogP contribution in [0.25, 0.3) is 10.6 Å². The van der Waals surface area contributed by atoms with Crippen molar-refractivity contribution in [1.29, 1.82) is 0 Å². The van der Waals surface area contributed by atoms with Gasteiger partial charge in [-0.3, -0.25) is 9.69 Å². The number of amides is 1. The third-order valence-electron chi connectivity index (χ3n) is 4.59. The zero-order valence-electron chi connectivity index (χ0n) is 16.3. The Labute approximate surface area is 174 Å². The summed E-state index contributed by atoms with van der Waals surface area (Å²) in [6.07, 6.45) is 1.90. The summed E-state index contributed by atoms with van der Waals surface area (Å²) in [6, 6.07) is 15.6. The minimum absolute atomic E-state index is 0.0590. The maximum Gasteiger partial charge on any atom is 0.238 e. The Kier molecular flexibility index (Phi) is 6.07. The molecule has 1 aromatic heterocycles. The normalized spacial score (nSPS) is 12.8. The fourth-order valence-corrected chi connectivity index (χ4v) is 4.08. The second-order valence-corrected chi connectivity index (χ2v) is 7.82. The number of nitrogens with one attached hydrogen (secondary N) is 1. The number of thiazole rings is 1. The summed E-state index contributed by atoms with van der Waals surface area (Å²) in [5, 5.41) is 3.94. The highest BCUT2D eigenvalue weighted by atomic mass is 32.1. The minimum atomic E-state index is -0.0590. The first-order chi connectivity index (χ1) is 14.2. The van der Waals surface area contributed by atoms with Crippen molar-refractivity contribution in [3.05, 3.63) is 59.6 Å². The molecule has 29 heavy (non-hydrogen) atoms. The van der Waals surface area contributed by atoms with Gasteiger partial charge in [0.15, 0.2) is 11.5 Å². The van der Waals surface area contributed by atoms with Crippen LogP contribution in [-0.4, -0.2) is 42.1 Å². The summed E-state index contributed by atoms with van der Waals surface area (Å²) >= 11 is 1.66. The van der Waals surface area contributed by atoms with Gasteiger partial charge in [0.05, 0.1) is 6.54 Å². The average Bonchev–Trinajstić information content (AvgIpc) is 3.22. The van der Waals surface area contributed by atoms with Crippen molar-refractivity contribution in [1.82, 2.24) is 9.88 Å². The summed E-state index contributed by atoms with van der Waals surface area (Å²) in [5.74, 6) is 1.32. The van der Waals surface area contributed by atoms with Crippen molar-refractivity contribution in [2.24, 2.45) is 0 Å². The van der Waals surface area contributed by atoms with Gasteiger partial charge in [0.2, 0.25) is 5.91 Å². The molecular weight excluding hydrogens is 386 g/mol. The molecule has 0 saturated carbocycles. The molecule has 2 heterocycles. The van der Waals surface area contributed by atoms with E-state index < -0.39 is 0 Å². The van der Waals surface area contributed by atoms with Crippen molar-refractivity contribution in [2.75, 3.05) is 31.6 Å². The number of hydrogen-bond acceptors (Lipinski definition) is 6. The van der Waals surface area contributed by atoms with Crippen LogP contribution in [0.15, 0.2) is 54.7 Å². The van der Waals surface area contributed by atoms with Gasteiger partial charge in [-0.1, -0.05) is 37.3 Å². The third-order valence-corrected chi connectivity index (χ3v) is 5.63. The van der Waals surface area contributed by atoms with Crippen LogP contribution in [0.3, 0.4) is 0 Å². The van der Waals surface area contributed by atoms with Crippen LogP contribution >= 0.6 is 11.3 Å². The summed E-state index contributed by atoms with van der Waals surface area (Å²) in [6.45, 7) is 4.89. The van der Waals surface area contributed by atoms with E-state index >= 15 is 0 Å². The van der Waals surface area contributed by atoms with Gasteiger partial charge in [0, 0.05) is 34.9 Å². The lowest BCUT2D eigenvalue weighted by molar-refractivity contribution is -0.117. The number of hydrogen-bond donors (Lipinski definition) is 1. The number of carbonyl (C=O) groups excluding carboxylic acids is 1. The van der Waals surface area contributed by atoms with Crippen LogP contribution in [0.4, 0.5) is 5.69 Å². The molecule has 7 heteroatoms. The first-order valence-corrected chi connectivity index (χ1v) is 10.4. The van der Waals surface area contributed by atoms with Crippen LogP contribution in [0.2, 0.25) is 0 Å². The second-order valence-electron chi connectivity index (χ2n) is 6.71. The predicted octanol–water partition coefficient (Wildman–Crippen LogP) is 4.04. The van der Waals surface area contributed by atoms with E-state index in [-0.39, 0.29) is 5.91 Å². The molecule has 0 fully saturated rings. The van der Waals surface area contributed by atoms with Crippen LogP contribution in [0.5, 0.6) is 11.5 Å². The molecule has 0 radical (unpaired) electrons. The summed E-state index contributed by atoms with van der Waals surface area (Å²) in [4.78, 5) is 20.3. The zero-order chi connectivity index (χ0) is 20.1. The molecule has 1 aliphatic rings. The van der Waals surface area contributed by atoms with E-state index in [1.54, 1.807) is 17.4 Å². The lowest BCUT2D eigenvalue weighted by Crippen LogP contribution is -2.32. The number of nitrogens with zero attached hydrogens (tertiary/aromatic N) is 2. The molecule has 6 nitrogen and oxygen atoms in total. The van der Waals surface area contributed by atoms with Gasteiger partial charge in [-0.2, -0.15) is 0 Å². The quantitative estimate of drug-likeness (QED) is 0.638. The number of carbonyl (C=O) groups is 1. The first kappa shape index (κ1) is 19.4. The molecule has 0 aliphatic carbocycles. The third kappa shape index (κ3) is 4.93. The van der Waals surface area contributed by atoms with Crippen LogP contribution in [0, 0.1) is 0 Å². The second kappa shape index (κ2) is 9.07. The molecular formula is C22H23N3O3S. The average molecular weight is 410 g/mol. The molecule has 0 saturated heterocycles. The zero-order valence-corrected chi connectivity index (χ0v) is 17.1. The molecule has 1 N–H and O–H groups in total. The molecule has 0 unspecified atom stereocenters. The number of anilines is 1. The highest BCUT2D eigenvalue weighted by Crippen LogP contribution is 2.32. The van der Waals surface area contributed by atoms with Crippen LogP contribution in [-0.2, 0) is 11.3 Å². The Morgan fingerprint density at radius 3 is 2.72 bits per heavy atom. The van der Waals surface area contributed by atoms with Crippen LogP contribution < -0.4 is 14.8 Å². The summed E-state index contributed by atoms with van der Waals surface area (Å²) in [5.41, 5.74) is 1.82. The molecule has 4 rings (SSSR count). The lowest BCUT2D eigenvalue weighted by atomic mass is 10.2. The van der Waals surface area contributed by atoms with Crippen molar-refractivity contribution in [3.8, 4) is 22.1 Å². The SMILES string of the molecule is CCN(CC(=O)Nc1ccc2c(c1)OCCO2)Cc1cnc(-c2ccccc2)s1. The topological polar surface area (TPSA) is 63.7 Å². The highest BCUT2D eigenvalue weighted by Gasteiger charge is 2.15. The number of fused-ring (bicyclic) bond motifs is 1. The van der Waals surface area contributed by atoms with Crippen molar-refractivity contribution >= 4 is 22.9 Å². The fraction of sp³-hybridized carbons (Fsp3) is 0.273. The molecule has 1 aliphatic heterocycles. The van der Waals surface area contributed by atoms with Gasteiger partial charge in [0.25, 0.3) is 0 Å². The summed E-state index contributed by atoms with van der Waals surface area (Å²) in [7, 11) is 0. The lowest BCUT2D eigenvalue weighted by Gasteiger charge is -2.20. The van der Waals surface area contributed by atoms with Gasteiger partial charge in [-0.05, 0) is 18.7 Å². The van der Waals surface area contributed by atoms with E-state index in [2.05, 4.69) is 34.3 Å². The van der Waals surface area contributed by atoms with E-state index in [1.165, 1.54) is 0 Å². The molecule has 0 atom stereocenters. The Morgan fingerprint density at radius 2 is 1.93 bits per heavy atom. The van der Waals surface area contributed by atoms with Crippen molar-refractivity contribution in [3.63, 3.8) is 0 Å². The highest BCUT2D eigenvalue weighted by molar-refractivity contribution is 7.15. The standard InChI is InChI=1S/C22H23N3O3S/c1-2-25(14-18-13-23-22(29-18)16-6-4-3-5-7-16)15-21(26)24-17-8-9-19-20(12-17)28-11-10-27-19/h3-9,12-13H,2,10-11,14-15H2,1H3,(H,24,26). The molecule has 1 amide bonds. The first-order valence-electron chi connectivity index (χ1n) is 9.63. The van der Waals surface area contributed by atoms with Gasteiger partial charge >= 0.3 is 0 Å². The largest absolute Gasteiger partial charge is 0.486 e. The van der Waals surface area contributed by atoms with Crippen molar-refractivity contribution < 1.29 is 14.3 Å². The smallest absolute Gasteiger partial charge is 0.238 e. The van der Waals surface area contributed by atoms with Gasteiger partial charge in [-0.15, -0.1) is 11.3 Å². The number of likely N-dealkylation sites (N-methyl/N-ethyl adjacent to an activating group) is 1. The number of benzene rings is 2. The van der Waals surface area contributed by atoms with Gasteiger partial charge in [0.1, 0.15) is 18.2 Å². The van der Waals surface area contributed by atoms with E-state index in [0.717, 1.165) is 22.0 Å². The monoisotopic (exact) mass is 409 g/mol. The van der Waals surface area contributed by atoms with E-state index in [1.807, 2.05) is 36.5 Å². The van der Waals surface area contributed by atoms with Crippen molar-refractivity contribution in [2.45, 2.75) is 13.5 Å². The Morgan fingerprint density at radius 1 is 1.14 bits per heavy atom. The Hall–Kier alpha value is -2.90. The Balaban J connectivity index is 1.35. The molecule has 150 valence electrons. The molecule has 3 aromatic rings. The predicted molar refractivity (Wildman–Crippen MR) is 115 cm³/mol. The minimum Gasteiger partial charge on any atom is -0.486 e. The van der Waals surface area contributed by atoms with E-state index in [0.29, 0.717) is 43.5 Å². The summed E-state index contributed by atoms with van der Waals surface area (Å²) < 4.78 is 11.1. The Bertz CT molecular complexity index is 974. The van der Waals surface area contributed by atoms with E-state index in [9.17, 15) is 4.79 Å². The molecule has 0 spiro atoms. The molecule has 0 bridgehead atoms. The maximum absolute atomic E-state index is 12.5.